The van der Waals surface area contributed by atoms with E-state index in [0.29, 0.717) is 13.2 Å². The van der Waals surface area contributed by atoms with Crippen LogP contribution in [0.2, 0.25) is 0 Å². The maximum Gasteiger partial charge on any atom is 0.431 e. The van der Waals surface area contributed by atoms with E-state index >= 15 is 0 Å². The fourth-order valence-corrected chi connectivity index (χ4v) is 3.16. The molecule has 0 spiro atoms. The topological polar surface area (TPSA) is 59.3 Å². The SMILES string of the molecule is CCCCCCCCOP(=O)(C#N)OCCCCCCCC. The lowest BCUT2D eigenvalue weighted by Crippen LogP contribution is -1.98. The lowest BCUT2D eigenvalue weighted by Gasteiger charge is -2.11. The summed E-state index contributed by atoms with van der Waals surface area (Å²) in [7, 11) is -3.52. The van der Waals surface area contributed by atoms with E-state index in [2.05, 4.69) is 13.8 Å². The third-order valence-corrected chi connectivity index (χ3v) is 4.93. The number of unbranched alkanes of at least 4 members (excludes halogenated alkanes) is 10. The van der Waals surface area contributed by atoms with E-state index in [4.69, 9.17) is 14.3 Å². The fraction of sp³-hybridized carbons (Fsp3) is 0.941. The molecule has 0 heterocycles. The van der Waals surface area contributed by atoms with Crippen LogP contribution in [0, 0.1) is 11.1 Å². The van der Waals surface area contributed by atoms with Gasteiger partial charge in [0.25, 0.3) is 0 Å². The first-order valence-electron chi connectivity index (χ1n) is 8.99. The number of nitrogens with zero attached hydrogens (tertiary/aromatic N) is 1. The monoisotopic (exact) mass is 331 g/mol. The third-order valence-electron chi connectivity index (χ3n) is 3.64. The molecule has 0 aliphatic carbocycles. The number of rotatable bonds is 16. The Morgan fingerprint density at radius 2 is 1.09 bits per heavy atom. The summed E-state index contributed by atoms with van der Waals surface area (Å²) in [6.45, 7) is 5.09. The highest BCUT2D eigenvalue weighted by Crippen LogP contribution is 2.47. The highest BCUT2D eigenvalue weighted by molar-refractivity contribution is 7.59. The molecule has 130 valence electrons. The molecule has 5 heteroatoms. The van der Waals surface area contributed by atoms with Crippen molar-refractivity contribution in [2.75, 3.05) is 13.2 Å². The molecule has 4 nitrogen and oxygen atoms in total. The molecule has 0 amide bonds. The van der Waals surface area contributed by atoms with Crippen molar-refractivity contribution < 1.29 is 13.6 Å². The number of hydrogen-bond donors (Lipinski definition) is 0. The Bertz CT molecular complexity index is 306. The van der Waals surface area contributed by atoms with Crippen LogP contribution < -0.4 is 0 Å². The zero-order valence-electron chi connectivity index (χ0n) is 14.5. The first kappa shape index (κ1) is 21.6. The van der Waals surface area contributed by atoms with Gasteiger partial charge in [0, 0.05) is 0 Å². The molecule has 0 fully saturated rings. The van der Waals surface area contributed by atoms with Gasteiger partial charge in [0.1, 0.15) is 0 Å². The van der Waals surface area contributed by atoms with E-state index in [1.165, 1.54) is 51.4 Å². The lowest BCUT2D eigenvalue weighted by molar-refractivity contribution is 0.206. The fourth-order valence-electron chi connectivity index (χ4n) is 2.23. The molecule has 0 atom stereocenters. The smallest absolute Gasteiger partial charge is 0.298 e. The minimum atomic E-state index is -3.52. The van der Waals surface area contributed by atoms with Gasteiger partial charge >= 0.3 is 7.60 Å². The Hall–Kier alpha value is -0.360. The molecular weight excluding hydrogens is 297 g/mol. The predicted molar refractivity (Wildman–Crippen MR) is 91.9 cm³/mol. The highest BCUT2D eigenvalue weighted by atomic mass is 31.2. The summed E-state index contributed by atoms with van der Waals surface area (Å²) in [5.74, 6) is 1.71. The van der Waals surface area contributed by atoms with E-state index in [1.807, 2.05) is 0 Å². The first-order chi connectivity index (χ1) is 10.7. The highest BCUT2D eigenvalue weighted by Gasteiger charge is 2.23. The number of nitriles is 1. The second kappa shape index (κ2) is 15.5. The van der Waals surface area contributed by atoms with Crippen molar-refractivity contribution in [1.29, 1.82) is 5.26 Å². The minimum Gasteiger partial charge on any atom is -0.298 e. The zero-order valence-corrected chi connectivity index (χ0v) is 15.4. The van der Waals surface area contributed by atoms with Gasteiger partial charge in [0.2, 0.25) is 0 Å². The van der Waals surface area contributed by atoms with Crippen molar-refractivity contribution in [2.45, 2.75) is 90.9 Å². The van der Waals surface area contributed by atoms with Crippen LogP contribution in [0.1, 0.15) is 90.9 Å². The van der Waals surface area contributed by atoms with Gasteiger partial charge in [0.15, 0.2) is 5.81 Å². The molecule has 22 heavy (non-hydrogen) atoms. The Kier molecular flexibility index (Phi) is 15.3. The molecule has 0 radical (unpaired) electrons. The molecule has 0 aliphatic rings. The number of hydrogen-bond acceptors (Lipinski definition) is 4. The maximum absolute atomic E-state index is 12.0. The molecule has 0 aromatic rings. The van der Waals surface area contributed by atoms with Crippen LogP contribution in [0.25, 0.3) is 0 Å². The van der Waals surface area contributed by atoms with E-state index in [1.54, 1.807) is 5.81 Å². The van der Waals surface area contributed by atoms with Crippen molar-refractivity contribution in [3.63, 3.8) is 0 Å². The molecular formula is C17H34NO3P. The quantitative estimate of drug-likeness (QED) is 0.242. The van der Waals surface area contributed by atoms with Gasteiger partial charge < -0.3 is 0 Å². The first-order valence-corrected chi connectivity index (χ1v) is 10.5. The zero-order chi connectivity index (χ0) is 16.5. The van der Waals surface area contributed by atoms with Crippen molar-refractivity contribution in [2.24, 2.45) is 0 Å². The van der Waals surface area contributed by atoms with Crippen molar-refractivity contribution in [3.8, 4) is 5.81 Å². The van der Waals surface area contributed by atoms with Crippen LogP contribution in [0.15, 0.2) is 0 Å². The lowest BCUT2D eigenvalue weighted by atomic mass is 10.1. The van der Waals surface area contributed by atoms with Gasteiger partial charge in [-0.1, -0.05) is 78.1 Å². The summed E-state index contributed by atoms with van der Waals surface area (Å²) in [6.07, 6.45) is 13.6. The Morgan fingerprint density at radius 3 is 1.45 bits per heavy atom. The summed E-state index contributed by atoms with van der Waals surface area (Å²) < 4.78 is 22.5. The van der Waals surface area contributed by atoms with Crippen LogP contribution in [-0.2, 0) is 13.6 Å². The van der Waals surface area contributed by atoms with Crippen molar-refractivity contribution in [3.05, 3.63) is 0 Å². The Labute approximate surface area is 137 Å². The Balaban J connectivity index is 3.60. The van der Waals surface area contributed by atoms with E-state index in [-0.39, 0.29) is 0 Å². The van der Waals surface area contributed by atoms with Crippen LogP contribution in [0.3, 0.4) is 0 Å². The standard InChI is InChI=1S/C17H34NO3P/c1-3-5-7-9-11-13-15-20-22(19,17-18)21-16-14-12-10-8-6-4-2/h3-16H2,1-2H3. The van der Waals surface area contributed by atoms with Crippen molar-refractivity contribution in [1.82, 2.24) is 0 Å². The summed E-state index contributed by atoms with van der Waals surface area (Å²) in [4.78, 5) is 0. The van der Waals surface area contributed by atoms with Crippen LogP contribution in [0.5, 0.6) is 0 Å². The minimum absolute atomic E-state index is 0.355. The van der Waals surface area contributed by atoms with E-state index in [0.717, 1.165) is 25.7 Å². The Morgan fingerprint density at radius 1 is 0.727 bits per heavy atom. The van der Waals surface area contributed by atoms with Crippen LogP contribution >= 0.6 is 7.60 Å². The second-order valence-corrected chi connectivity index (χ2v) is 7.51. The average molecular weight is 331 g/mol. The van der Waals surface area contributed by atoms with E-state index < -0.39 is 7.60 Å². The molecule has 0 aromatic heterocycles. The van der Waals surface area contributed by atoms with Gasteiger partial charge in [-0.25, -0.2) is 4.57 Å². The third kappa shape index (κ3) is 13.3. The second-order valence-electron chi connectivity index (χ2n) is 5.80. The van der Waals surface area contributed by atoms with Gasteiger partial charge in [0.05, 0.1) is 13.2 Å². The summed E-state index contributed by atoms with van der Waals surface area (Å²) in [5.41, 5.74) is 0. The molecule has 0 N–H and O–H groups in total. The van der Waals surface area contributed by atoms with Gasteiger partial charge in [-0.3, -0.25) is 9.05 Å². The summed E-state index contributed by atoms with van der Waals surface area (Å²) >= 11 is 0. The molecule has 0 aliphatic heterocycles. The van der Waals surface area contributed by atoms with Crippen LogP contribution in [0.4, 0.5) is 0 Å². The van der Waals surface area contributed by atoms with Gasteiger partial charge in [-0.2, -0.15) is 5.26 Å². The largest absolute Gasteiger partial charge is 0.431 e. The van der Waals surface area contributed by atoms with Crippen LogP contribution in [-0.4, -0.2) is 13.2 Å². The molecule has 0 rings (SSSR count). The van der Waals surface area contributed by atoms with Gasteiger partial charge in [-0.05, 0) is 12.8 Å². The molecule has 0 bridgehead atoms. The van der Waals surface area contributed by atoms with Crippen molar-refractivity contribution >= 4 is 7.60 Å². The molecule has 0 saturated heterocycles. The normalized spacial score (nSPS) is 11.5. The predicted octanol–water partition coefficient (Wildman–Crippen LogP) is 6.41. The molecule has 0 saturated carbocycles. The average Bonchev–Trinajstić information content (AvgIpc) is 2.53. The molecule has 0 unspecified atom stereocenters. The maximum atomic E-state index is 12.0. The van der Waals surface area contributed by atoms with Gasteiger partial charge in [-0.15, -0.1) is 0 Å². The van der Waals surface area contributed by atoms with E-state index in [9.17, 15) is 4.57 Å². The molecule has 0 aromatic carbocycles. The summed E-state index contributed by atoms with van der Waals surface area (Å²) in [5, 5.41) is 8.97. The summed E-state index contributed by atoms with van der Waals surface area (Å²) in [6, 6.07) is 0.